The maximum absolute atomic E-state index is 12.8. The number of nitrogens with zero attached hydrogens (tertiary/aromatic N) is 4. The first-order valence-electron chi connectivity index (χ1n) is 5.31. The molecule has 0 atom stereocenters. The Labute approximate surface area is 132 Å². The minimum atomic E-state index is -4.63. The van der Waals surface area contributed by atoms with Crippen LogP contribution >= 0.6 is 38.9 Å². The molecule has 0 radical (unpaired) electrons. The molecule has 110 valence electrons. The van der Waals surface area contributed by atoms with Crippen molar-refractivity contribution in [1.29, 1.82) is 0 Å². The lowest BCUT2D eigenvalue weighted by Gasteiger charge is -2.05. The summed E-state index contributed by atoms with van der Waals surface area (Å²) in [5.41, 5.74) is 6.51. The number of halogens is 5. The zero-order valence-corrected chi connectivity index (χ0v) is 13.0. The standard InChI is InChI=1S/C10H4BrClF3N5S/c11-3-1-4(6(16)5(12)2-3)7-19-20-8(10(13,14)15)17-18-9(20)21-7/h1-2H,16H2. The average molecular weight is 399 g/mol. The van der Waals surface area contributed by atoms with Crippen molar-refractivity contribution in [3.05, 3.63) is 27.5 Å². The Kier molecular flexibility index (Phi) is 3.34. The van der Waals surface area contributed by atoms with Crippen molar-refractivity contribution in [3.8, 4) is 10.6 Å². The summed E-state index contributed by atoms with van der Waals surface area (Å²) in [5, 5.41) is 11.0. The average Bonchev–Trinajstić information content (AvgIpc) is 2.91. The fourth-order valence-electron chi connectivity index (χ4n) is 1.66. The van der Waals surface area contributed by atoms with E-state index < -0.39 is 12.0 Å². The minimum absolute atomic E-state index is 0.0211. The molecular weight excluding hydrogens is 395 g/mol. The van der Waals surface area contributed by atoms with Gasteiger partial charge in [0.05, 0.1) is 10.7 Å². The molecule has 2 aromatic heterocycles. The molecule has 0 amide bonds. The van der Waals surface area contributed by atoms with Gasteiger partial charge in [-0.25, -0.2) is 0 Å². The Morgan fingerprint density at radius 1 is 1.29 bits per heavy atom. The van der Waals surface area contributed by atoms with Gasteiger partial charge in [0.25, 0.3) is 5.82 Å². The molecule has 0 saturated heterocycles. The Balaban J connectivity index is 2.21. The van der Waals surface area contributed by atoms with E-state index in [1.54, 1.807) is 12.1 Å². The normalized spacial score (nSPS) is 12.2. The molecule has 3 rings (SSSR count). The summed E-state index contributed by atoms with van der Waals surface area (Å²) in [6, 6.07) is 3.21. The Morgan fingerprint density at radius 2 is 2.00 bits per heavy atom. The van der Waals surface area contributed by atoms with Gasteiger partial charge in [-0.05, 0) is 12.1 Å². The SMILES string of the molecule is Nc1c(Cl)cc(Br)cc1-c1nn2c(C(F)(F)F)nnc2s1. The highest BCUT2D eigenvalue weighted by Gasteiger charge is 2.38. The highest BCUT2D eigenvalue weighted by molar-refractivity contribution is 9.10. The highest BCUT2D eigenvalue weighted by Crippen LogP contribution is 2.38. The third-order valence-electron chi connectivity index (χ3n) is 2.57. The van der Waals surface area contributed by atoms with E-state index in [9.17, 15) is 13.2 Å². The van der Waals surface area contributed by atoms with Crippen LogP contribution in [0.3, 0.4) is 0 Å². The van der Waals surface area contributed by atoms with Crippen molar-refractivity contribution in [2.24, 2.45) is 0 Å². The molecule has 21 heavy (non-hydrogen) atoms. The van der Waals surface area contributed by atoms with Crippen LogP contribution in [0.15, 0.2) is 16.6 Å². The van der Waals surface area contributed by atoms with Gasteiger partial charge in [0.15, 0.2) is 0 Å². The zero-order chi connectivity index (χ0) is 15.4. The van der Waals surface area contributed by atoms with Gasteiger partial charge >= 0.3 is 6.18 Å². The number of rotatable bonds is 1. The lowest BCUT2D eigenvalue weighted by Crippen LogP contribution is -2.11. The topological polar surface area (TPSA) is 69.1 Å². The third kappa shape index (κ3) is 2.47. The molecule has 0 bridgehead atoms. The Bertz CT molecular complexity index is 843. The number of fused-ring (bicyclic) bond motifs is 1. The number of alkyl halides is 3. The van der Waals surface area contributed by atoms with Crippen molar-refractivity contribution >= 4 is 49.5 Å². The Hall–Kier alpha value is -1.39. The van der Waals surface area contributed by atoms with E-state index >= 15 is 0 Å². The number of hydrogen-bond donors (Lipinski definition) is 1. The molecule has 0 unspecified atom stereocenters. The summed E-state index contributed by atoms with van der Waals surface area (Å²) >= 11 is 10.1. The van der Waals surface area contributed by atoms with Crippen molar-refractivity contribution in [2.45, 2.75) is 6.18 Å². The van der Waals surface area contributed by atoms with Crippen LogP contribution in [0.25, 0.3) is 15.5 Å². The number of benzene rings is 1. The van der Waals surface area contributed by atoms with Crippen LogP contribution in [-0.2, 0) is 6.18 Å². The largest absolute Gasteiger partial charge is 0.453 e. The molecule has 0 spiro atoms. The maximum Gasteiger partial charge on any atom is 0.453 e. The number of nitrogen functional groups attached to an aromatic ring is 1. The molecule has 11 heteroatoms. The summed E-state index contributed by atoms with van der Waals surface area (Å²) in [6.07, 6.45) is -4.63. The summed E-state index contributed by atoms with van der Waals surface area (Å²) < 4.78 is 39.6. The van der Waals surface area contributed by atoms with E-state index in [1.807, 2.05) is 0 Å². The number of aromatic nitrogens is 4. The first kappa shape index (κ1) is 14.5. The van der Waals surface area contributed by atoms with E-state index in [1.165, 1.54) is 0 Å². The quantitative estimate of drug-likeness (QED) is 0.632. The van der Waals surface area contributed by atoms with Gasteiger partial charge in [-0.15, -0.1) is 10.2 Å². The minimum Gasteiger partial charge on any atom is -0.397 e. The molecule has 3 aromatic rings. The van der Waals surface area contributed by atoms with Gasteiger partial charge in [-0.2, -0.15) is 22.8 Å². The molecule has 5 nitrogen and oxygen atoms in total. The van der Waals surface area contributed by atoms with Crippen LogP contribution in [0, 0.1) is 0 Å². The molecule has 0 aliphatic rings. The molecule has 0 saturated carbocycles. The van der Waals surface area contributed by atoms with Gasteiger partial charge in [0, 0.05) is 10.0 Å². The van der Waals surface area contributed by atoms with Gasteiger partial charge in [-0.1, -0.05) is 38.9 Å². The van der Waals surface area contributed by atoms with Crippen molar-refractivity contribution in [2.75, 3.05) is 5.73 Å². The highest BCUT2D eigenvalue weighted by atomic mass is 79.9. The van der Waals surface area contributed by atoms with Gasteiger partial charge in [-0.3, -0.25) is 0 Å². The van der Waals surface area contributed by atoms with Crippen LogP contribution in [0.2, 0.25) is 5.02 Å². The van der Waals surface area contributed by atoms with Crippen LogP contribution in [0.1, 0.15) is 5.82 Å². The lowest BCUT2D eigenvalue weighted by molar-refractivity contribution is -0.146. The second kappa shape index (κ2) is 4.82. The van der Waals surface area contributed by atoms with Gasteiger partial charge in [0.1, 0.15) is 5.01 Å². The summed E-state index contributed by atoms with van der Waals surface area (Å²) in [7, 11) is 0. The summed E-state index contributed by atoms with van der Waals surface area (Å²) in [5.74, 6) is -1.18. The summed E-state index contributed by atoms with van der Waals surface area (Å²) in [4.78, 5) is 0.0211. The first-order chi connectivity index (χ1) is 9.77. The second-order valence-corrected chi connectivity index (χ2v) is 6.25. The monoisotopic (exact) mass is 397 g/mol. The molecule has 0 aliphatic carbocycles. The number of nitrogens with two attached hydrogens (primary N) is 1. The van der Waals surface area contributed by atoms with E-state index in [0.717, 1.165) is 11.3 Å². The lowest BCUT2D eigenvalue weighted by atomic mass is 10.2. The first-order valence-corrected chi connectivity index (χ1v) is 7.30. The van der Waals surface area contributed by atoms with E-state index in [0.29, 0.717) is 14.6 Å². The number of anilines is 1. The van der Waals surface area contributed by atoms with Crippen LogP contribution in [0.4, 0.5) is 18.9 Å². The molecule has 1 aromatic carbocycles. The van der Waals surface area contributed by atoms with Crippen LogP contribution in [-0.4, -0.2) is 19.8 Å². The molecule has 0 fully saturated rings. The predicted octanol–water partition coefficient (Wildman–Crippen LogP) is 3.87. The van der Waals surface area contributed by atoms with Gasteiger partial charge < -0.3 is 5.73 Å². The third-order valence-corrected chi connectivity index (χ3v) is 4.27. The molecule has 2 heterocycles. The van der Waals surface area contributed by atoms with E-state index in [2.05, 4.69) is 31.2 Å². The summed E-state index contributed by atoms with van der Waals surface area (Å²) in [6.45, 7) is 0. The molecule has 2 N–H and O–H groups in total. The number of hydrogen-bond acceptors (Lipinski definition) is 5. The second-order valence-electron chi connectivity index (χ2n) is 3.97. The maximum atomic E-state index is 12.8. The van der Waals surface area contributed by atoms with Crippen LogP contribution in [0.5, 0.6) is 0 Å². The fraction of sp³-hybridized carbons (Fsp3) is 0.100. The van der Waals surface area contributed by atoms with Crippen molar-refractivity contribution in [3.63, 3.8) is 0 Å². The molecular formula is C10H4BrClF3N5S. The molecule has 0 aliphatic heterocycles. The smallest absolute Gasteiger partial charge is 0.397 e. The Morgan fingerprint density at radius 3 is 2.67 bits per heavy atom. The van der Waals surface area contributed by atoms with E-state index in [4.69, 9.17) is 17.3 Å². The van der Waals surface area contributed by atoms with Gasteiger partial charge in [0.2, 0.25) is 4.96 Å². The fourth-order valence-corrected chi connectivity index (χ4v) is 3.34. The predicted molar refractivity (Wildman–Crippen MR) is 76.2 cm³/mol. The van der Waals surface area contributed by atoms with Crippen molar-refractivity contribution in [1.82, 2.24) is 19.8 Å². The zero-order valence-electron chi connectivity index (χ0n) is 9.82. The van der Waals surface area contributed by atoms with E-state index in [-0.39, 0.29) is 20.7 Å². The van der Waals surface area contributed by atoms with Crippen molar-refractivity contribution < 1.29 is 13.2 Å². The van der Waals surface area contributed by atoms with Crippen LogP contribution < -0.4 is 5.73 Å².